The Morgan fingerprint density at radius 3 is 2.42 bits per heavy atom. The SMILES string of the molecule is O=C(COC(=O)c1ccc2c(c1)OCCO2)c1cccc(C(F)(F)F)c1. The van der Waals surface area contributed by atoms with Crippen molar-refractivity contribution in [1.29, 1.82) is 0 Å². The zero-order chi connectivity index (χ0) is 18.7. The van der Waals surface area contributed by atoms with E-state index in [9.17, 15) is 22.8 Å². The predicted octanol–water partition coefficient (Wildman–Crippen LogP) is 3.52. The molecule has 1 heterocycles. The average Bonchev–Trinajstić information content (AvgIpc) is 2.64. The van der Waals surface area contributed by atoms with Crippen LogP contribution >= 0.6 is 0 Å². The summed E-state index contributed by atoms with van der Waals surface area (Å²) in [7, 11) is 0. The molecule has 0 atom stereocenters. The lowest BCUT2D eigenvalue weighted by Gasteiger charge is -2.18. The Kier molecular flexibility index (Phi) is 4.83. The van der Waals surface area contributed by atoms with Gasteiger partial charge in [0.15, 0.2) is 23.9 Å². The fourth-order valence-corrected chi connectivity index (χ4v) is 2.34. The van der Waals surface area contributed by atoms with Gasteiger partial charge in [-0.25, -0.2) is 4.79 Å². The van der Waals surface area contributed by atoms with Gasteiger partial charge in [-0.2, -0.15) is 13.2 Å². The standard InChI is InChI=1S/C18H13F3O5/c19-18(20,21)13-3-1-2-11(8-13)14(22)10-26-17(23)12-4-5-15-16(9-12)25-7-6-24-15/h1-5,8-9H,6-7,10H2. The number of hydrogen-bond donors (Lipinski definition) is 0. The van der Waals surface area contributed by atoms with Crippen LogP contribution in [-0.2, 0) is 10.9 Å². The number of esters is 1. The Labute approximate surface area is 146 Å². The van der Waals surface area contributed by atoms with E-state index in [1.54, 1.807) is 6.07 Å². The van der Waals surface area contributed by atoms with E-state index in [0.29, 0.717) is 24.7 Å². The largest absolute Gasteiger partial charge is 0.486 e. The van der Waals surface area contributed by atoms with Crippen molar-refractivity contribution in [3.63, 3.8) is 0 Å². The number of alkyl halides is 3. The number of ketones is 1. The Morgan fingerprint density at radius 2 is 1.69 bits per heavy atom. The summed E-state index contributed by atoms with van der Waals surface area (Å²) in [6, 6.07) is 8.35. The molecule has 0 fully saturated rings. The van der Waals surface area contributed by atoms with Crippen molar-refractivity contribution >= 4 is 11.8 Å². The number of Topliss-reactive ketones (excluding diaryl/α,β-unsaturated/α-hetero) is 1. The second-order valence-electron chi connectivity index (χ2n) is 5.44. The number of rotatable bonds is 4. The molecule has 2 aromatic rings. The molecule has 5 nitrogen and oxygen atoms in total. The molecular formula is C18H13F3O5. The molecule has 2 aromatic carbocycles. The molecule has 0 amide bonds. The molecule has 0 saturated heterocycles. The molecule has 3 rings (SSSR count). The van der Waals surface area contributed by atoms with Crippen LogP contribution in [0.1, 0.15) is 26.3 Å². The fraction of sp³-hybridized carbons (Fsp3) is 0.222. The smallest absolute Gasteiger partial charge is 0.416 e. The number of carbonyl (C=O) groups is 2. The number of carbonyl (C=O) groups excluding carboxylic acids is 2. The minimum Gasteiger partial charge on any atom is -0.486 e. The van der Waals surface area contributed by atoms with E-state index in [4.69, 9.17) is 14.2 Å². The van der Waals surface area contributed by atoms with E-state index in [2.05, 4.69) is 0 Å². The van der Waals surface area contributed by atoms with Crippen LogP contribution in [0.25, 0.3) is 0 Å². The molecule has 0 spiro atoms. The molecule has 0 aromatic heterocycles. The molecule has 0 unspecified atom stereocenters. The minimum atomic E-state index is -4.56. The van der Waals surface area contributed by atoms with Crippen LogP contribution in [0.15, 0.2) is 42.5 Å². The van der Waals surface area contributed by atoms with Crippen LogP contribution in [-0.4, -0.2) is 31.6 Å². The van der Waals surface area contributed by atoms with Gasteiger partial charge in [-0.05, 0) is 30.3 Å². The van der Waals surface area contributed by atoms with E-state index in [1.807, 2.05) is 0 Å². The van der Waals surface area contributed by atoms with E-state index in [-0.39, 0.29) is 11.1 Å². The summed E-state index contributed by atoms with van der Waals surface area (Å²) < 4.78 is 53.6. The maximum atomic E-state index is 12.7. The molecule has 8 heteroatoms. The highest BCUT2D eigenvalue weighted by atomic mass is 19.4. The second kappa shape index (κ2) is 7.07. The van der Waals surface area contributed by atoms with Gasteiger partial charge in [-0.15, -0.1) is 0 Å². The summed E-state index contributed by atoms with van der Waals surface area (Å²) in [6.07, 6.45) is -4.56. The van der Waals surface area contributed by atoms with Gasteiger partial charge in [0.05, 0.1) is 11.1 Å². The molecule has 136 valence electrons. The van der Waals surface area contributed by atoms with Gasteiger partial charge in [0.1, 0.15) is 13.2 Å². The molecule has 0 aliphatic carbocycles. The van der Waals surface area contributed by atoms with Gasteiger partial charge in [-0.3, -0.25) is 4.79 Å². The van der Waals surface area contributed by atoms with Crippen LogP contribution in [0.2, 0.25) is 0 Å². The summed E-state index contributed by atoms with van der Waals surface area (Å²) in [6.45, 7) is 0.0798. The Morgan fingerprint density at radius 1 is 0.962 bits per heavy atom. The topological polar surface area (TPSA) is 61.8 Å². The highest BCUT2D eigenvalue weighted by Crippen LogP contribution is 2.31. The molecule has 0 radical (unpaired) electrons. The maximum Gasteiger partial charge on any atom is 0.416 e. The lowest BCUT2D eigenvalue weighted by atomic mass is 10.1. The van der Waals surface area contributed by atoms with Crippen molar-refractivity contribution in [2.75, 3.05) is 19.8 Å². The third-order valence-electron chi connectivity index (χ3n) is 3.62. The zero-order valence-corrected chi connectivity index (χ0v) is 13.3. The number of hydrogen-bond acceptors (Lipinski definition) is 5. The summed E-state index contributed by atoms with van der Waals surface area (Å²) in [4.78, 5) is 24.0. The van der Waals surface area contributed by atoms with Gasteiger partial charge in [-0.1, -0.05) is 12.1 Å². The number of benzene rings is 2. The first-order chi connectivity index (χ1) is 12.3. The van der Waals surface area contributed by atoms with E-state index >= 15 is 0 Å². The van der Waals surface area contributed by atoms with Crippen molar-refractivity contribution < 1.29 is 37.0 Å². The van der Waals surface area contributed by atoms with E-state index in [1.165, 1.54) is 18.2 Å². The quantitative estimate of drug-likeness (QED) is 0.612. The lowest BCUT2D eigenvalue weighted by Crippen LogP contribution is -2.17. The van der Waals surface area contributed by atoms with Gasteiger partial charge >= 0.3 is 12.1 Å². The first-order valence-corrected chi connectivity index (χ1v) is 7.62. The summed E-state index contributed by atoms with van der Waals surface area (Å²) in [5.74, 6) is -0.646. The van der Waals surface area contributed by atoms with Gasteiger partial charge in [0.25, 0.3) is 0 Å². The molecular weight excluding hydrogens is 353 g/mol. The number of fused-ring (bicyclic) bond motifs is 1. The lowest BCUT2D eigenvalue weighted by molar-refractivity contribution is -0.137. The summed E-state index contributed by atoms with van der Waals surface area (Å²) in [5.41, 5.74) is -0.984. The Hall–Kier alpha value is -3.03. The average molecular weight is 366 g/mol. The monoisotopic (exact) mass is 366 g/mol. The third-order valence-corrected chi connectivity index (χ3v) is 3.62. The van der Waals surface area contributed by atoms with Crippen LogP contribution in [0.3, 0.4) is 0 Å². The predicted molar refractivity (Wildman–Crippen MR) is 83.5 cm³/mol. The molecule has 26 heavy (non-hydrogen) atoms. The molecule has 0 bridgehead atoms. The number of ether oxygens (including phenoxy) is 3. The molecule has 1 aliphatic rings. The Bertz CT molecular complexity index is 845. The molecule has 0 N–H and O–H groups in total. The summed E-state index contributed by atoms with van der Waals surface area (Å²) in [5, 5.41) is 0. The van der Waals surface area contributed by atoms with Crippen molar-refractivity contribution in [3.8, 4) is 11.5 Å². The minimum absolute atomic E-state index is 0.145. The second-order valence-corrected chi connectivity index (χ2v) is 5.44. The molecule has 1 aliphatic heterocycles. The van der Waals surface area contributed by atoms with Gasteiger partial charge in [0.2, 0.25) is 0 Å². The third kappa shape index (κ3) is 3.96. The fourth-order valence-electron chi connectivity index (χ4n) is 2.34. The van der Waals surface area contributed by atoms with Crippen molar-refractivity contribution in [2.45, 2.75) is 6.18 Å². The van der Waals surface area contributed by atoms with Crippen LogP contribution in [0.4, 0.5) is 13.2 Å². The van der Waals surface area contributed by atoms with Crippen molar-refractivity contribution in [3.05, 3.63) is 59.2 Å². The van der Waals surface area contributed by atoms with E-state index in [0.717, 1.165) is 18.2 Å². The van der Waals surface area contributed by atoms with Gasteiger partial charge < -0.3 is 14.2 Å². The number of halogens is 3. The van der Waals surface area contributed by atoms with Gasteiger partial charge in [0, 0.05) is 5.56 Å². The highest BCUT2D eigenvalue weighted by Gasteiger charge is 2.31. The van der Waals surface area contributed by atoms with Crippen molar-refractivity contribution in [2.24, 2.45) is 0 Å². The first kappa shape index (κ1) is 17.8. The summed E-state index contributed by atoms with van der Waals surface area (Å²) >= 11 is 0. The van der Waals surface area contributed by atoms with Crippen LogP contribution < -0.4 is 9.47 Å². The van der Waals surface area contributed by atoms with Crippen molar-refractivity contribution in [1.82, 2.24) is 0 Å². The normalized spacial score (nSPS) is 13.2. The Balaban J connectivity index is 1.65. The van der Waals surface area contributed by atoms with E-state index < -0.39 is 30.1 Å². The van der Waals surface area contributed by atoms with Crippen LogP contribution in [0, 0.1) is 0 Å². The van der Waals surface area contributed by atoms with Crippen LogP contribution in [0.5, 0.6) is 11.5 Å². The molecule has 0 saturated carbocycles. The zero-order valence-electron chi connectivity index (χ0n) is 13.3. The highest BCUT2D eigenvalue weighted by molar-refractivity contribution is 5.99. The first-order valence-electron chi connectivity index (χ1n) is 7.62. The maximum absolute atomic E-state index is 12.7.